The standard InChI is InChI=1S/C19H23NO8S/c1-29(25,26)20-14-5-3-2-4-13(14)11-6-8-12(9-7-11)27-19-18(24)17(23)16(22)15(10-21)28-19/h2-9,15-24H,10H2,1H3. The van der Waals surface area contributed by atoms with E-state index in [0.717, 1.165) is 11.8 Å². The van der Waals surface area contributed by atoms with Gasteiger partial charge in [0.1, 0.15) is 30.2 Å². The largest absolute Gasteiger partial charge is 0.462 e. The maximum absolute atomic E-state index is 11.6. The Morgan fingerprint density at radius 2 is 1.66 bits per heavy atom. The Bertz CT molecular complexity index is 931. The van der Waals surface area contributed by atoms with Crippen LogP contribution < -0.4 is 9.46 Å². The molecule has 1 aliphatic heterocycles. The summed E-state index contributed by atoms with van der Waals surface area (Å²) in [4.78, 5) is 0. The van der Waals surface area contributed by atoms with Gasteiger partial charge in [0.2, 0.25) is 16.3 Å². The number of aliphatic hydroxyl groups excluding tert-OH is 4. The Morgan fingerprint density at radius 1 is 1.00 bits per heavy atom. The first kappa shape index (κ1) is 21.5. The van der Waals surface area contributed by atoms with E-state index in [1.165, 1.54) is 0 Å². The van der Waals surface area contributed by atoms with Gasteiger partial charge in [-0.05, 0) is 23.8 Å². The topological polar surface area (TPSA) is 146 Å². The summed E-state index contributed by atoms with van der Waals surface area (Å²) >= 11 is 0. The molecule has 2 aromatic carbocycles. The van der Waals surface area contributed by atoms with Crippen LogP contribution in [0.15, 0.2) is 48.5 Å². The predicted molar refractivity (Wildman–Crippen MR) is 105 cm³/mol. The number of hydrogen-bond acceptors (Lipinski definition) is 8. The third-order valence-electron chi connectivity index (χ3n) is 4.49. The molecule has 5 N–H and O–H groups in total. The Kier molecular flexibility index (Phi) is 6.42. The summed E-state index contributed by atoms with van der Waals surface area (Å²) in [5, 5.41) is 38.9. The number of sulfonamides is 1. The van der Waals surface area contributed by atoms with Crippen LogP contribution in [-0.2, 0) is 14.8 Å². The quantitative estimate of drug-likeness (QED) is 0.432. The first-order chi connectivity index (χ1) is 13.7. The smallest absolute Gasteiger partial charge is 0.229 e. The van der Waals surface area contributed by atoms with Crippen molar-refractivity contribution in [2.24, 2.45) is 0 Å². The Hall–Kier alpha value is -2.21. The van der Waals surface area contributed by atoms with E-state index in [0.29, 0.717) is 17.0 Å². The summed E-state index contributed by atoms with van der Waals surface area (Å²) in [5.74, 6) is 0.312. The molecule has 0 aliphatic carbocycles. The van der Waals surface area contributed by atoms with Gasteiger partial charge in [0.05, 0.1) is 18.6 Å². The third kappa shape index (κ3) is 5.04. The first-order valence-electron chi connectivity index (χ1n) is 8.84. The van der Waals surface area contributed by atoms with Gasteiger partial charge in [0.25, 0.3) is 0 Å². The molecule has 0 saturated carbocycles. The molecule has 1 saturated heterocycles. The van der Waals surface area contributed by atoms with Gasteiger partial charge in [0, 0.05) is 5.56 Å². The van der Waals surface area contributed by atoms with Crippen LogP contribution in [0, 0.1) is 0 Å². The molecule has 3 rings (SSSR count). The van der Waals surface area contributed by atoms with Gasteiger partial charge in [-0.2, -0.15) is 0 Å². The van der Waals surface area contributed by atoms with Crippen molar-refractivity contribution in [3.63, 3.8) is 0 Å². The lowest BCUT2D eigenvalue weighted by molar-refractivity contribution is -0.277. The highest BCUT2D eigenvalue weighted by atomic mass is 32.2. The van der Waals surface area contributed by atoms with Crippen molar-refractivity contribution in [2.45, 2.75) is 30.7 Å². The molecule has 1 aliphatic rings. The van der Waals surface area contributed by atoms with Crippen molar-refractivity contribution in [1.29, 1.82) is 0 Å². The fraction of sp³-hybridized carbons (Fsp3) is 0.368. The van der Waals surface area contributed by atoms with Crippen molar-refractivity contribution < 1.29 is 38.3 Å². The molecule has 0 aromatic heterocycles. The molecule has 2 aromatic rings. The Labute approximate surface area is 168 Å². The van der Waals surface area contributed by atoms with E-state index in [-0.39, 0.29) is 0 Å². The van der Waals surface area contributed by atoms with Crippen LogP contribution in [0.5, 0.6) is 5.75 Å². The Balaban J connectivity index is 1.78. The van der Waals surface area contributed by atoms with Crippen LogP contribution in [0.2, 0.25) is 0 Å². The minimum atomic E-state index is -3.44. The highest BCUT2D eigenvalue weighted by Crippen LogP contribution is 2.31. The van der Waals surface area contributed by atoms with Crippen LogP contribution in [0.1, 0.15) is 0 Å². The SMILES string of the molecule is CS(=O)(=O)Nc1ccccc1-c1ccc(OC2OC(CO)C(O)C(O)C2O)cc1. The average molecular weight is 425 g/mol. The molecule has 158 valence electrons. The van der Waals surface area contributed by atoms with E-state index >= 15 is 0 Å². The van der Waals surface area contributed by atoms with E-state index in [4.69, 9.17) is 9.47 Å². The van der Waals surface area contributed by atoms with Crippen molar-refractivity contribution in [3.05, 3.63) is 48.5 Å². The minimum absolute atomic E-state index is 0.312. The normalized spacial score (nSPS) is 27.4. The number of anilines is 1. The highest BCUT2D eigenvalue weighted by Gasteiger charge is 2.44. The molecular formula is C19H23NO8S. The highest BCUT2D eigenvalue weighted by molar-refractivity contribution is 7.92. The van der Waals surface area contributed by atoms with Gasteiger partial charge in [-0.1, -0.05) is 30.3 Å². The van der Waals surface area contributed by atoms with Crippen molar-refractivity contribution in [3.8, 4) is 16.9 Å². The summed E-state index contributed by atoms with van der Waals surface area (Å²) in [6.45, 7) is -0.548. The van der Waals surface area contributed by atoms with Gasteiger partial charge in [0.15, 0.2) is 0 Å². The maximum atomic E-state index is 11.6. The van der Waals surface area contributed by atoms with Gasteiger partial charge in [-0.15, -0.1) is 0 Å². The minimum Gasteiger partial charge on any atom is -0.462 e. The summed E-state index contributed by atoms with van der Waals surface area (Å²) in [6, 6.07) is 13.5. The van der Waals surface area contributed by atoms with Crippen molar-refractivity contribution in [1.82, 2.24) is 0 Å². The molecule has 0 bridgehead atoms. The molecule has 5 atom stereocenters. The zero-order valence-corrected chi connectivity index (χ0v) is 16.4. The number of aliphatic hydroxyl groups is 4. The van der Waals surface area contributed by atoms with E-state index in [1.807, 2.05) is 0 Å². The van der Waals surface area contributed by atoms with Crippen LogP contribution in [0.4, 0.5) is 5.69 Å². The second kappa shape index (κ2) is 8.66. The number of nitrogens with one attached hydrogen (secondary N) is 1. The Morgan fingerprint density at radius 3 is 2.28 bits per heavy atom. The molecule has 29 heavy (non-hydrogen) atoms. The monoisotopic (exact) mass is 425 g/mol. The first-order valence-corrected chi connectivity index (χ1v) is 10.7. The van der Waals surface area contributed by atoms with Crippen LogP contribution in [0.3, 0.4) is 0 Å². The van der Waals surface area contributed by atoms with Crippen molar-refractivity contribution >= 4 is 15.7 Å². The molecule has 5 unspecified atom stereocenters. The number of para-hydroxylation sites is 1. The maximum Gasteiger partial charge on any atom is 0.229 e. The summed E-state index contributed by atoms with van der Waals surface area (Å²) in [5.41, 5.74) is 1.81. The molecule has 1 fully saturated rings. The van der Waals surface area contributed by atoms with Gasteiger partial charge < -0.3 is 29.9 Å². The van der Waals surface area contributed by atoms with Gasteiger partial charge in [-0.3, -0.25) is 4.72 Å². The molecule has 1 heterocycles. The fourth-order valence-corrected chi connectivity index (χ4v) is 3.61. The van der Waals surface area contributed by atoms with Gasteiger partial charge in [-0.25, -0.2) is 8.42 Å². The number of benzene rings is 2. The molecule has 0 amide bonds. The molecule has 0 radical (unpaired) electrons. The van der Waals surface area contributed by atoms with Gasteiger partial charge >= 0.3 is 0 Å². The summed E-state index contributed by atoms with van der Waals surface area (Å²) in [7, 11) is -3.44. The average Bonchev–Trinajstić information content (AvgIpc) is 2.68. The van der Waals surface area contributed by atoms with E-state index in [1.54, 1.807) is 48.5 Å². The molecule has 10 heteroatoms. The van der Waals surface area contributed by atoms with Crippen molar-refractivity contribution in [2.75, 3.05) is 17.6 Å². The molecule has 9 nitrogen and oxygen atoms in total. The van der Waals surface area contributed by atoms with E-state index < -0.39 is 47.3 Å². The number of ether oxygens (including phenoxy) is 2. The molecular weight excluding hydrogens is 402 g/mol. The summed E-state index contributed by atoms with van der Waals surface area (Å²) < 4.78 is 36.5. The lowest BCUT2D eigenvalue weighted by Gasteiger charge is -2.39. The number of hydrogen-bond donors (Lipinski definition) is 5. The van der Waals surface area contributed by atoms with E-state index in [2.05, 4.69) is 4.72 Å². The van der Waals surface area contributed by atoms with Crippen LogP contribution in [-0.4, -0.2) is 72.4 Å². The van der Waals surface area contributed by atoms with Crippen LogP contribution >= 0.6 is 0 Å². The molecule has 0 spiro atoms. The van der Waals surface area contributed by atoms with E-state index in [9.17, 15) is 28.8 Å². The zero-order valence-electron chi connectivity index (χ0n) is 15.5. The fourth-order valence-electron chi connectivity index (χ4n) is 3.04. The lowest BCUT2D eigenvalue weighted by atomic mass is 9.99. The predicted octanol–water partition coefficient (Wildman–Crippen LogP) is -0.0962. The second-order valence-corrected chi connectivity index (χ2v) is 8.51. The third-order valence-corrected chi connectivity index (χ3v) is 5.08. The second-order valence-electron chi connectivity index (χ2n) is 6.76. The summed E-state index contributed by atoms with van der Waals surface area (Å²) in [6.07, 6.45) is -5.77. The number of rotatable bonds is 6. The zero-order chi connectivity index (χ0) is 21.2. The lowest BCUT2D eigenvalue weighted by Crippen LogP contribution is -2.60. The van der Waals surface area contributed by atoms with Crippen LogP contribution in [0.25, 0.3) is 11.1 Å².